The Labute approximate surface area is 119 Å². The Balaban J connectivity index is 2.17. The number of nitrogens with zero attached hydrogens (tertiary/aromatic N) is 2. The molecule has 2 heterocycles. The number of amides is 1. The van der Waals surface area contributed by atoms with Crippen molar-refractivity contribution in [3.8, 4) is 0 Å². The van der Waals surface area contributed by atoms with Crippen molar-refractivity contribution < 1.29 is 9.90 Å². The molecule has 1 fully saturated rings. The smallest absolute Gasteiger partial charge is 0.254 e. The molecule has 0 saturated carbocycles. The fourth-order valence-corrected chi connectivity index (χ4v) is 2.42. The molecule has 4 N–H and O–H groups in total. The number of aryl methyl sites for hydroxylation is 1. The fourth-order valence-electron chi connectivity index (χ4n) is 2.42. The van der Waals surface area contributed by atoms with E-state index in [0.29, 0.717) is 37.3 Å². The zero-order valence-corrected chi connectivity index (χ0v) is 11.8. The Morgan fingerprint density at radius 3 is 2.80 bits per heavy atom. The maximum absolute atomic E-state index is 12.5. The van der Waals surface area contributed by atoms with Gasteiger partial charge in [-0.25, -0.2) is 10.8 Å². The molecule has 1 aromatic rings. The van der Waals surface area contributed by atoms with Crippen molar-refractivity contribution in [1.29, 1.82) is 0 Å². The van der Waals surface area contributed by atoms with Crippen LogP contribution in [-0.4, -0.2) is 40.1 Å². The van der Waals surface area contributed by atoms with E-state index in [9.17, 15) is 9.90 Å². The van der Waals surface area contributed by atoms with E-state index in [0.717, 1.165) is 18.5 Å². The van der Waals surface area contributed by atoms with Crippen LogP contribution in [0.1, 0.15) is 42.2 Å². The lowest BCUT2D eigenvalue weighted by atomic mass is 10.1. The van der Waals surface area contributed by atoms with Gasteiger partial charge in [0.15, 0.2) is 0 Å². The zero-order chi connectivity index (χ0) is 14.5. The summed E-state index contributed by atoms with van der Waals surface area (Å²) in [7, 11) is 0. The molecule has 0 unspecified atom stereocenters. The predicted octanol–water partition coefficient (Wildman–Crippen LogP) is 0.917. The van der Waals surface area contributed by atoms with Gasteiger partial charge in [-0.2, -0.15) is 0 Å². The summed E-state index contributed by atoms with van der Waals surface area (Å²) in [5.74, 6) is 5.90. The predicted molar refractivity (Wildman–Crippen MR) is 77.2 cm³/mol. The maximum Gasteiger partial charge on any atom is 0.254 e. The van der Waals surface area contributed by atoms with Crippen LogP contribution < -0.4 is 11.3 Å². The summed E-state index contributed by atoms with van der Waals surface area (Å²) in [5.41, 5.74) is 3.98. The van der Waals surface area contributed by atoms with Crippen molar-refractivity contribution in [3.63, 3.8) is 0 Å². The summed E-state index contributed by atoms with van der Waals surface area (Å²) in [5, 5.41) is 9.50. The van der Waals surface area contributed by atoms with Crippen molar-refractivity contribution >= 4 is 11.7 Å². The van der Waals surface area contributed by atoms with Crippen molar-refractivity contribution in [2.75, 3.05) is 18.5 Å². The number of hydrogen-bond acceptors (Lipinski definition) is 5. The number of nitrogens with two attached hydrogens (primary N) is 1. The van der Waals surface area contributed by atoms with Gasteiger partial charge in [-0.3, -0.25) is 4.79 Å². The second-order valence-corrected chi connectivity index (χ2v) is 5.15. The molecule has 1 aliphatic rings. The minimum atomic E-state index is -0.284. The first kappa shape index (κ1) is 14.7. The standard InChI is InChI=1S/C14H22N4O2/c1-2-3-11-8-10(9-13(16-11)17-15)14(20)18-6-4-12(19)5-7-18/h8-9,12,19H,2-7,15H2,1H3,(H,16,17). The number of nitrogen functional groups attached to an aromatic ring is 1. The minimum Gasteiger partial charge on any atom is -0.393 e. The van der Waals surface area contributed by atoms with Gasteiger partial charge in [-0.1, -0.05) is 13.3 Å². The van der Waals surface area contributed by atoms with E-state index in [1.807, 2.05) is 6.07 Å². The molecule has 0 aliphatic carbocycles. The number of pyridine rings is 1. The average molecular weight is 278 g/mol. The molecule has 0 radical (unpaired) electrons. The molecule has 0 atom stereocenters. The van der Waals surface area contributed by atoms with Gasteiger partial charge in [-0.15, -0.1) is 0 Å². The number of hydrazine groups is 1. The van der Waals surface area contributed by atoms with Crippen LogP contribution in [0.3, 0.4) is 0 Å². The highest BCUT2D eigenvalue weighted by Gasteiger charge is 2.23. The van der Waals surface area contributed by atoms with Crippen LogP contribution in [0.5, 0.6) is 0 Å². The number of hydrogen-bond donors (Lipinski definition) is 3. The summed E-state index contributed by atoms with van der Waals surface area (Å²) >= 11 is 0. The van der Waals surface area contributed by atoms with E-state index < -0.39 is 0 Å². The molecule has 110 valence electrons. The Bertz CT molecular complexity index is 470. The number of aliphatic hydroxyl groups is 1. The van der Waals surface area contributed by atoms with Gasteiger partial charge in [0.25, 0.3) is 5.91 Å². The lowest BCUT2D eigenvalue weighted by Crippen LogP contribution is -2.40. The van der Waals surface area contributed by atoms with E-state index >= 15 is 0 Å². The molecule has 6 heteroatoms. The highest BCUT2D eigenvalue weighted by Crippen LogP contribution is 2.17. The molecular formula is C14H22N4O2. The molecule has 1 saturated heterocycles. The highest BCUT2D eigenvalue weighted by atomic mass is 16.3. The van der Waals surface area contributed by atoms with Gasteiger partial charge in [0.2, 0.25) is 0 Å². The fraction of sp³-hybridized carbons (Fsp3) is 0.571. The van der Waals surface area contributed by atoms with E-state index in [-0.39, 0.29) is 12.0 Å². The van der Waals surface area contributed by atoms with Crippen LogP contribution >= 0.6 is 0 Å². The summed E-state index contributed by atoms with van der Waals surface area (Å²) < 4.78 is 0. The third kappa shape index (κ3) is 3.46. The number of likely N-dealkylation sites (tertiary alicyclic amines) is 1. The van der Waals surface area contributed by atoms with Gasteiger partial charge in [-0.05, 0) is 31.4 Å². The maximum atomic E-state index is 12.5. The molecule has 0 bridgehead atoms. The molecular weight excluding hydrogens is 256 g/mol. The number of carbonyl (C=O) groups is 1. The molecule has 1 aromatic heterocycles. The number of piperidine rings is 1. The number of aromatic nitrogens is 1. The Kier molecular flexibility index (Phi) is 4.92. The van der Waals surface area contributed by atoms with Gasteiger partial charge >= 0.3 is 0 Å². The van der Waals surface area contributed by atoms with Crippen molar-refractivity contribution in [2.45, 2.75) is 38.7 Å². The SMILES string of the molecule is CCCc1cc(C(=O)N2CCC(O)CC2)cc(NN)n1. The number of anilines is 1. The van der Waals surface area contributed by atoms with Crippen LogP contribution in [0.15, 0.2) is 12.1 Å². The van der Waals surface area contributed by atoms with Gasteiger partial charge in [0, 0.05) is 24.3 Å². The van der Waals surface area contributed by atoms with Crippen molar-refractivity contribution in [3.05, 3.63) is 23.4 Å². The quantitative estimate of drug-likeness (QED) is 0.562. The summed E-state index contributed by atoms with van der Waals surface area (Å²) in [6, 6.07) is 3.50. The second kappa shape index (κ2) is 6.67. The third-order valence-electron chi connectivity index (χ3n) is 3.53. The Morgan fingerprint density at radius 2 is 2.20 bits per heavy atom. The first-order chi connectivity index (χ1) is 9.63. The molecule has 6 nitrogen and oxygen atoms in total. The van der Waals surface area contributed by atoms with E-state index in [4.69, 9.17) is 5.84 Å². The average Bonchev–Trinajstić information content (AvgIpc) is 2.47. The Morgan fingerprint density at radius 1 is 1.50 bits per heavy atom. The van der Waals surface area contributed by atoms with Crippen LogP contribution in [0.4, 0.5) is 5.82 Å². The molecule has 0 spiro atoms. The second-order valence-electron chi connectivity index (χ2n) is 5.15. The van der Waals surface area contributed by atoms with Crippen molar-refractivity contribution in [2.24, 2.45) is 5.84 Å². The number of aliphatic hydroxyl groups excluding tert-OH is 1. The normalized spacial score (nSPS) is 16.2. The van der Waals surface area contributed by atoms with E-state index in [1.165, 1.54) is 0 Å². The minimum absolute atomic E-state index is 0.0202. The van der Waals surface area contributed by atoms with Gasteiger partial charge in [0.05, 0.1) is 6.10 Å². The largest absolute Gasteiger partial charge is 0.393 e. The topological polar surface area (TPSA) is 91.5 Å². The lowest BCUT2D eigenvalue weighted by Gasteiger charge is -2.29. The number of carbonyl (C=O) groups excluding carboxylic acids is 1. The Hall–Kier alpha value is -1.66. The lowest BCUT2D eigenvalue weighted by molar-refractivity contribution is 0.0546. The van der Waals surface area contributed by atoms with Crippen molar-refractivity contribution in [1.82, 2.24) is 9.88 Å². The first-order valence-electron chi connectivity index (χ1n) is 7.09. The molecule has 1 aliphatic heterocycles. The molecule has 1 amide bonds. The van der Waals surface area contributed by atoms with E-state index in [2.05, 4.69) is 17.3 Å². The van der Waals surface area contributed by atoms with Crippen LogP contribution in [-0.2, 0) is 6.42 Å². The summed E-state index contributed by atoms with van der Waals surface area (Å²) in [6.07, 6.45) is 2.77. The number of rotatable bonds is 4. The number of nitrogens with one attached hydrogen (secondary N) is 1. The van der Waals surface area contributed by atoms with Crippen LogP contribution in [0.25, 0.3) is 0 Å². The highest BCUT2D eigenvalue weighted by molar-refractivity contribution is 5.95. The van der Waals surface area contributed by atoms with E-state index in [1.54, 1.807) is 11.0 Å². The van der Waals surface area contributed by atoms with Gasteiger partial charge < -0.3 is 15.4 Å². The third-order valence-corrected chi connectivity index (χ3v) is 3.53. The first-order valence-corrected chi connectivity index (χ1v) is 7.09. The monoisotopic (exact) mass is 278 g/mol. The zero-order valence-electron chi connectivity index (χ0n) is 11.8. The summed E-state index contributed by atoms with van der Waals surface area (Å²) in [4.78, 5) is 18.6. The molecule has 20 heavy (non-hydrogen) atoms. The van der Waals surface area contributed by atoms with Gasteiger partial charge in [0.1, 0.15) is 5.82 Å². The molecule has 2 rings (SSSR count). The van der Waals surface area contributed by atoms with Crippen LogP contribution in [0.2, 0.25) is 0 Å². The molecule has 0 aromatic carbocycles. The van der Waals surface area contributed by atoms with Crippen LogP contribution in [0, 0.1) is 0 Å². The summed E-state index contributed by atoms with van der Waals surface area (Å²) in [6.45, 7) is 3.26.